The van der Waals surface area contributed by atoms with Crippen molar-refractivity contribution >= 4 is 0 Å². The molecule has 1 aromatic rings. The van der Waals surface area contributed by atoms with E-state index in [-0.39, 0.29) is 12.4 Å². The topological polar surface area (TPSA) is 24.9 Å². The molecule has 0 bridgehead atoms. The van der Waals surface area contributed by atoms with Gasteiger partial charge in [0.1, 0.15) is 0 Å². The lowest BCUT2D eigenvalue weighted by molar-refractivity contribution is -0.00000306. The van der Waals surface area contributed by atoms with Crippen LogP contribution in [0.4, 0.5) is 0 Å². The summed E-state index contributed by atoms with van der Waals surface area (Å²) in [7, 11) is 0. The molecule has 1 heterocycles. The van der Waals surface area contributed by atoms with Gasteiger partial charge in [-0.2, -0.15) is 0 Å². The fourth-order valence-electron chi connectivity index (χ4n) is 2.07. The summed E-state index contributed by atoms with van der Waals surface area (Å²) < 4.78 is 0. The molecule has 0 radical (unpaired) electrons. The van der Waals surface area contributed by atoms with Gasteiger partial charge < -0.3 is 17.7 Å². The van der Waals surface area contributed by atoms with Crippen molar-refractivity contribution in [1.29, 1.82) is 0 Å². The SMILES string of the molecule is [Cl-].c1cncc(CNC2CCCCC2)c1. The van der Waals surface area contributed by atoms with E-state index in [9.17, 15) is 0 Å². The summed E-state index contributed by atoms with van der Waals surface area (Å²) in [5.74, 6) is 0. The van der Waals surface area contributed by atoms with Crippen molar-refractivity contribution in [3.05, 3.63) is 30.1 Å². The third-order valence-electron chi connectivity index (χ3n) is 2.92. The standard InChI is InChI=1S/C12H18N2.ClH/c1-2-6-12(7-3-1)14-10-11-5-4-8-13-9-11;/h4-5,8-9,12,14H,1-3,6-7,10H2;1H/p-1. The van der Waals surface area contributed by atoms with Gasteiger partial charge in [-0.15, -0.1) is 0 Å². The molecule has 0 atom stereocenters. The minimum atomic E-state index is 0. The Morgan fingerprint density at radius 3 is 2.73 bits per heavy atom. The Labute approximate surface area is 97.9 Å². The van der Waals surface area contributed by atoms with E-state index in [0.29, 0.717) is 0 Å². The zero-order chi connectivity index (χ0) is 9.64. The number of aromatic nitrogens is 1. The lowest BCUT2D eigenvalue weighted by Crippen LogP contribution is -3.00. The van der Waals surface area contributed by atoms with Crippen LogP contribution in [0.2, 0.25) is 0 Å². The first-order chi connectivity index (χ1) is 6.95. The Kier molecular flexibility index (Phi) is 5.66. The summed E-state index contributed by atoms with van der Waals surface area (Å²) >= 11 is 0. The maximum atomic E-state index is 4.11. The highest BCUT2D eigenvalue weighted by molar-refractivity contribution is 5.08. The molecule has 1 aliphatic rings. The Morgan fingerprint density at radius 2 is 2.07 bits per heavy atom. The predicted molar refractivity (Wildman–Crippen MR) is 57.9 cm³/mol. The molecule has 0 aromatic carbocycles. The molecule has 1 N–H and O–H groups in total. The van der Waals surface area contributed by atoms with Crippen molar-refractivity contribution in [2.24, 2.45) is 0 Å². The van der Waals surface area contributed by atoms with E-state index < -0.39 is 0 Å². The van der Waals surface area contributed by atoms with E-state index in [1.807, 2.05) is 18.5 Å². The predicted octanol–water partition coefficient (Wildman–Crippen LogP) is -0.492. The molecule has 0 amide bonds. The second kappa shape index (κ2) is 6.81. The lowest BCUT2D eigenvalue weighted by Gasteiger charge is -2.22. The molecule has 3 heteroatoms. The summed E-state index contributed by atoms with van der Waals surface area (Å²) in [4.78, 5) is 4.11. The van der Waals surface area contributed by atoms with Crippen LogP contribution in [0.15, 0.2) is 24.5 Å². The highest BCUT2D eigenvalue weighted by atomic mass is 35.5. The maximum Gasteiger partial charge on any atom is 0.0312 e. The minimum Gasteiger partial charge on any atom is -1.00 e. The van der Waals surface area contributed by atoms with Gasteiger partial charge in [0.05, 0.1) is 0 Å². The average Bonchev–Trinajstić information content (AvgIpc) is 2.29. The minimum absolute atomic E-state index is 0. The van der Waals surface area contributed by atoms with Crippen LogP contribution in [-0.4, -0.2) is 11.0 Å². The number of pyridine rings is 1. The van der Waals surface area contributed by atoms with Crippen molar-refractivity contribution in [1.82, 2.24) is 10.3 Å². The van der Waals surface area contributed by atoms with Crippen molar-refractivity contribution in [3.8, 4) is 0 Å². The van der Waals surface area contributed by atoms with Crippen LogP contribution in [-0.2, 0) is 6.54 Å². The first kappa shape index (κ1) is 12.5. The van der Waals surface area contributed by atoms with E-state index in [1.54, 1.807) is 0 Å². The van der Waals surface area contributed by atoms with Crippen LogP contribution in [0.25, 0.3) is 0 Å². The molecular weight excluding hydrogens is 208 g/mol. The second-order valence-electron chi connectivity index (χ2n) is 4.08. The van der Waals surface area contributed by atoms with Crippen LogP contribution in [0.1, 0.15) is 37.7 Å². The van der Waals surface area contributed by atoms with Gasteiger partial charge in [-0.3, -0.25) is 4.98 Å². The Balaban J connectivity index is 0.00000112. The highest BCUT2D eigenvalue weighted by Crippen LogP contribution is 2.17. The summed E-state index contributed by atoms with van der Waals surface area (Å²) in [6.07, 6.45) is 10.7. The largest absolute Gasteiger partial charge is 1.00 e. The van der Waals surface area contributed by atoms with Crippen LogP contribution in [0.5, 0.6) is 0 Å². The second-order valence-corrected chi connectivity index (χ2v) is 4.08. The number of halogens is 1. The first-order valence-corrected chi connectivity index (χ1v) is 5.57. The van der Waals surface area contributed by atoms with Gasteiger partial charge in [0.2, 0.25) is 0 Å². The highest BCUT2D eigenvalue weighted by Gasteiger charge is 2.11. The molecule has 0 spiro atoms. The van der Waals surface area contributed by atoms with Gasteiger partial charge in [0, 0.05) is 25.0 Å². The maximum absolute atomic E-state index is 4.11. The van der Waals surface area contributed by atoms with Gasteiger partial charge in [0.25, 0.3) is 0 Å². The quantitative estimate of drug-likeness (QED) is 0.751. The average molecular weight is 226 g/mol. The van der Waals surface area contributed by atoms with Gasteiger partial charge in [-0.05, 0) is 24.5 Å². The molecule has 2 nitrogen and oxygen atoms in total. The molecule has 1 aliphatic carbocycles. The number of nitrogens with one attached hydrogen (secondary N) is 1. The molecule has 0 saturated heterocycles. The van der Waals surface area contributed by atoms with E-state index in [2.05, 4.69) is 16.4 Å². The number of rotatable bonds is 3. The molecule has 0 aliphatic heterocycles. The monoisotopic (exact) mass is 225 g/mol. The molecule has 1 fully saturated rings. The lowest BCUT2D eigenvalue weighted by atomic mass is 9.95. The van der Waals surface area contributed by atoms with Gasteiger partial charge in [0.15, 0.2) is 0 Å². The van der Waals surface area contributed by atoms with Gasteiger partial charge in [-0.25, -0.2) is 0 Å². The van der Waals surface area contributed by atoms with E-state index in [1.165, 1.54) is 37.7 Å². The number of nitrogens with zero attached hydrogens (tertiary/aromatic N) is 1. The molecule has 15 heavy (non-hydrogen) atoms. The van der Waals surface area contributed by atoms with Crippen LogP contribution >= 0.6 is 0 Å². The molecule has 0 unspecified atom stereocenters. The van der Waals surface area contributed by atoms with E-state index in [4.69, 9.17) is 0 Å². The molecule has 1 aromatic heterocycles. The van der Waals surface area contributed by atoms with Crippen molar-refractivity contribution in [3.63, 3.8) is 0 Å². The number of hydrogen-bond acceptors (Lipinski definition) is 2. The Bertz CT molecular complexity index is 258. The van der Waals surface area contributed by atoms with Crippen LogP contribution in [0, 0.1) is 0 Å². The fraction of sp³-hybridized carbons (Fsp3) is 0.583. The Morgan fingerprint density at radius 1 is 1.27 bits per heavy atom. The third-order valence-corrected chi connectivity index (χ3v) is 2.92. The smallest absolute Gasteiger partial charge is 0.0312 e. The normalized spacial score (nSPS) is 17.1. The number of hydrogen-bond donors (Lipinski definition) is 1. The van der Waals surface area contributed by atoms with Crippen LogP contribution in [0.3, 0.4) is 0 Å². The van der Waals surface area contributed by atoms with Crippen molar-refractivity contribution in [2.45, 2.75) is 44.7 Å². The zero-order valence-corrected chi connectivity index (χ0v) is 9.71. The molecule has 2 rings (SSSR count). The van der Waals surface area contributed by atoms with Gasteiger partial charge in [-0.1, -0.05) is 25.3 Å². The van der Waals surface area contributed by atoms with Crippen molar-refractivity contribution < 1.29 is 12.4 Å². The molecule has 1 saturated carbocycles. The van der Waals surface area contributed by atoms with E-state index in [0.717, 1.165) is 12.6 Å². The summed E-state index contributed by atoms with van der Waals surface area (Å²) in [5, 5.41) is 3.60. The summed E-state index contributed by atoms with van der Waals surface area (Å²) in [5.41, 5.74) is 1.29. The summed E-state index contributed by atoms with van der Waals surface area (Å²) in [6, 6.07) is 4.87. The molecule has 84 valence electrons. The van der Waals surface area contributed by atoms with Gasteiger partial charge >= 0.3 is 0 Å². The van der Waals surface area contributed by atoms with Crippen molar-refractivity contribution in [2.75, 3.05) is 0 Å². The first-order valence-electron chi connectivity index (χ1n) is 5.57. The summed E-state index contributed by atoms with van der Waals surface area (Å²) in [6.45, 7) is 0.971. The zero-order valence-electron chi connectivity index (χ0n) is 8.95. The third kappa shape index (κ3) is 4.18. The fourth-order valence-corrected chi connectivity index (χ4v) is 2.07. The van der Waals surface area contributed by atoms with E-state index >= 15 is 0 Å². The Hall–Kier alpha value is -0.600. The molecular formula is C12H18ClN2-. The van der Waals surface area contributed by atoms with Crippen LogP contribution < -0.4 is 17.7 Å².